The van der Waals surface area contributed by atoms with Gasteiger partial charge in [-0.05, 0) is 19.1 Å². The van der Waals surface area contributed by atoms with E-state index in [-0.39, 0.29) is 9.65 Å². The average molecular weight is 380 g/mol. The normalized spacial score (nSPS) is 11.8. The van der Waals surface area contributed by atoms with Crippen molar-refractivity contribution in [3.8, 4) is 0 Å². The first-order valence-electron chi connectivity index (χ1n) is 7.07. The largest absolute Gasteiger partial charge is 0.369 e. The molecule has 0 saturated heterocycles. The van der Waals surface area contributed by atoms with Crippen molar-refractivity contribution in [1.29, 1.82) is 0 Å². The van der Waals surface area contributed by atoms with Crippen molar-refractivity contribution in [2.24, 2.45) is 4.99 Å². The third-order valence-corrected chi connectivity index (χ3v) is 4.29. The minimum Gasteiger partial charge on any atom is -0.369 e. The summed E-state index contributed by atoms with van der Waals surface area (Å²) >= 11 is 17.6. The highest BCUT2D eigenvalue weighted by molar-refractivity contribution is 6.59. The number of halogens is 3. The quantitative estimate of drug-likeness (QED) is 0.384. The number of hydrogen-bond donors (Lipinski definition) is 1. The Bertz CT molecular complexity index is 952. The average Bonchev–Trinajstić information content (AvgIpc) is 2.89. The first kappa shape index (κ1) is 16.8. The van der Waals surface area contributed by atoms with Crippen LogP contribution in [-0.2, 0) is 0 Å². The number of benzene rings is 2. The molecule has 3 rings (SSSR count). The summed E-state index contributed by atoms with van der Waals surface area (Å²) in [6.45, 7) is 2.00. The number of nitrogens with zero attached hydrogens (tertiary/aromatic N) is 3. The first-order chi connectivity index (χ1) is 11.5. The van der Waals surface area contributed by atoms with Gasteiger partial charge in [0.05, 0.1) is 11.0 Å². The molecule has 0 radical (unpaired) electrons. The van der Waals surface area contributed by atoms with E-state index in [4.69, 9.17) is 40.5 Å². The second-order valence-electron chi connectivity index (χ2n) is 5.15. The SMILES string of the molecule is Cc1ccc(/C(=N\C(Cl)=C(Cl)Cl)n2c(N)nc3ccccc32)cc1. The minimum absolute atomic E-state index is 0.0221. The van der Waals surface area contributed by atoms with E-state index >= 15 is 0 Å². The lowest BCUT2D eigenvalue weighted by Gasteiger charge is -2.11. The highest BCUT2D eigenvalue weighted by Crippen LogP contribution is 2.24. The maximum atomic E-state index is 6.12. The fourth-order valence-electron chi connectivity index (χ4n) is 2.35. The van der Waals surface area contributed by atoms with Gasteiger partial charge in [-0.2, -0.15) is 0 Å². The second-order valence-corrected chi connectivity index (χ2v) is 6.45. The molecule has 1 aromatic heterocycles. The summed E-state index contributed by atoms with van der Waals surface area (Å²) in [5, 5.41) is -0.0221. The number of para-hydroxylation sites is 2. The Labute approximate surface area is 154 Å². The van der Waals surface area contributed by atoms with Gasteiger partial charge in [0.2, 0.25) is 5.95 Å². The van der Waals surface area contributed by atoms with Gasteiger partial charge in [0, 0.05) is 5.56 Å². The number of aryl methyl sites for hydroxylation is 1. The van der Waals surface area contributed by atoms with Crippen LogP contribution in [0.4, 0.5) is 5.95 Å². The van der Waals surface area contributed by atoms with Crippen LogP contribution in [-0.4, -0.2) is 15.4 Å². The lowest BCUT2D eigenvalue weighted by molar-refractivity contribution is 1.16. The molecule has 0 unspecified atom stereocenters. The van der Waals surface area contributed by atoms with E-state index in [0.717, 1.165) is 22.2 Å². The number of aliphatic imine (C=N–C) groups is 1. The van der Waals surface area contributed by atoms with E-state index in [0.29, 0.717) is 11.8 Å². The first-order valence-corrected chi connectivity index (χ1v) is 8.20. The summed E-state index contributed by atoms with van der Waals surface area (Å²) in [5.41, 5.74) is 9.62. The fourth-order valence-corrected chi connectivity index (χ4v) is 2.51. The minimum atomic E-state index is -0.121. The molecule has 1 heterocycles. The molecule has 3 aromatic rings. The highest BCUT2D eigenvalue weighted by Gasteiger charge is 2.16. The Balaban J connectivity index is 2.30. The molecule has 0 saturated carbocycles. The van der Waals surface area contributed by atoms with E-state index in [9.17, 15) is 0 Å². The smallest absolute Gasteiger partial charge is 0.207 e. The summed E-state index contributed by atoms with van der Waals surface area (Å²) < 4.78 is 1.60. The number of aromatic nitrogens is 2. The zero-order valence-corrected chi connectivity index (χ0v) is 14.9. The highest BCUT2D eigenvalue weighted by atomic mass is 35.5. The summed E-state index contributed by atoms with van der Waals surface area (Å²) in [6, 6.07) is 15.4. The standard InChI is InChI=1S/C17H13Cl3N4/c1-10-6-8-11(9-7-10)16(23-15(20)14(18)19)24-13-5-3-2-4-12(13)22-17(24)21/h2-9H,1H3,(H2,21,22)/b23-16+. The van der Waals surface area contributed by atoms with Gasteiger partial charge >= 0.3 is 0 Å². The van der Waals surface area contributed by atoms with Crippen LogP contribution < -0.4 is 5.73 Å². The topological polar surface area (TPSA) is 56.2 Å². The summed E-state index contributed by atoms with van der Waals surface area (Å²) in [4.78, 5) is 8.73. The third kappa shape index (κ3) is 3.26. The van der Waals surface area contributed by atoms with Crippen LogP contribution in [0.15, 0.2) is 63.2 Å². The fraction of sp³-hybridized carbons (Fsp3) is 0.0588. The van der Waals surface area contributed by atoms with Crippen molar-refractivity contribution < 1.29 is 0 Å². The van der Waals surface area contributed by atoms with E-state index in [1.165, 1.54) is 0 Å². The molecular weight excluding hydrogens is 367 g/mol. The molecule has 0 aliphatic heterocycles. The van der Waals surface area contributed by atoms with Crippen LogP contribution in [0, 0.1) is 6.92 Å². The van der Waals surface area contributed by atoms with Crippen LogP contribution in [0.2, 0.25) is 0 Å². The number of fused-ring (bicyclic) bond motifs is 1. The number of rotatable bonds is 2. The Morgan fingerprint density at radius 1 is 1.04 bits per heavy atom. The molecule has 0 fully saturated rings. The summed E-state index contributed by atoms with van der Waals surface area (Å²) in [5.74, 6) is 0.788. The molecule has 7 heteroatoms. The second kappa shape index (κ2) is 6.85. The molecule has 0 amide bonds. The van der Waals surface area contributed by atoms with Gasteiger partial charge < -0.3 is 5.73 Å². The summed E-state index contributed by atoms with van der Waals surface area (Å²) in [6.07, 6.45) is 0. The van der Waals surface area contributed by atoms with Gasteiger partial charge in [-0.15, -0.1) is 0 Å². The predicted molar refractivity (Wildman–Crippen MR) is 102 cm³/mol. The van der Waals surface area contributed by atoms with Crippen molar-refractivity contribution >= 4 is 57.6 Å². The molecule has 2 N–H and O–H groups in total. The maximum absolute atomic E-state index is 6.12. The van der Waals surface area contributed by atoms with Gasteiger partial charge in [-0.1, -0.05) is 76.8 Å². The molecule has 24 heavy (non-hydrogen) atoms. The monoisotopic (exact) mass is 378 g/mol. The number of nitrogens with two attached hydrogens (primary N) is 1. The summed E-state index contributed by atoms with van der Waals surface area (Å²) in [7, 11) is 0. The number of nitrogen functional groups attached to an aromatic ring is 1. The molecule has 0 aliphatic rings. The van der Waals surface area contributed by atoms with Crippen LogP contribution in [0.5, 0.6) is 0 Å². The van der Waals surface area contributed by atoms with Crippen molar-refractivity contribution in [2.75, 3.05) is 5.73 Å². The van der Waals surface area contributed by atoms with E-state index < -0.39 is 0 Å². The van der Waals surface area contributed by atoms with E-state index in [1.54, 1.807) is 4.57 Å². The van der Waals surface area contributed by atoms with Crippen LogP contribution in [0.3, 0.4) is 0 Å². The van der Waals surface area contributed by atoms with E-state index in [1.807, 2.05) is 55.5 Å². The maximum Gasteiger partial charge on any atom is 0.207 e. The van der Waals surface area contributed by atoms with Crippen molar-refractivity contribution in [3.63, 3.8) is 0 Å². The Kier molecular flexibility index (Phi) is 4.81. The Morgan fingerprint density at radius 3 is 2.38 bits per heavy atom. The molecule has 0 spiro atoms. The number of hydrogen-bond acceptors (Lipinski definition) is 3. The van der Waals surface area contributed by atoms with Crippen molar-refractivity contribution in [2.45, 2.75) is 6.92 Å². The zero-order chi connectivity index (χ0) is 17.3. The van der Waals surface area contributed by atoms with Crippen LogP contribution in [0.25, 0.3) is 11.0 Å². The van der Waals surface area contributed by atoms with Crippen molar-refractivity contribution in [3.05, 3.63) is 69.3 Å². The molecule has 0 atom stereocenters. The molecule has 122 valence electrons. The predicted octanol–water partition coefficient (Wildman–Crippen LogP) is 5.06. The number of anilines is 1. The molecule has 0 aliphatic carbocycles. The van der Waals surface area contributed by atoms with Gasteiger partial charge in [0.15, 0.2) is 5.16 Å². The zero-order valence-electron chi connectivity index (χ0n) is 12.7. The van der Waals surface area contributed by atoms with Crippen LogP contribution >= 0.6 is 34.8 Å². The van der Waals surface area contributed by atoms with Crippen LogP contribution in [0.1, 0.15) is 11.1 Å². The Morgan fingerprint density at radius 2 is 1.71 bits per heavy atom. The molecule has 2 aromatic carbocycles. The Hall–Kier alpha value is -2.01. The van der Waals surface area contributed by atoms with Gasteiger partial charge in [0.25, 0.3) is 0 Å². The number of imidazole rings is 1. The van der Waals surface area contributed by atoms with Gasteiger partial charge in [0.1, 0.15) is 10.3 Å². The van der Waals surface area contributed by atoms with Gasteiger partial charge in [-0.3, -0.25) is 4.57 Å². The lowest BCUT2D eigenvalue weighted by Crippen LogP contribution is -2.16. The van der Waals surface area contributed by atoms with Crippen molar-refractivity contribution in [1.82, 2.24) is 9.55 Å². The van der Waals surface area contributed by atoms with E-state index in [2.05, 4.69) is 9.98 Å². The lowest BCUT2D eigenvalue weighted by atomic mass is 10.1. The molecular formula is C17H13Cl3N4. The molecule has 4 nitrogen and oxygen atoms in total. The molecule has 0 bridgehead atoms. The van der Waals surface area contributed by atoms with Gasteiger partial charge in [-0.25, -0.2) is 9.98 Å². The third-order valence-electron chi connectivity index (χ3n) is 3.47.